The molecule has 0 aliphatic heterocycles. The van der Waals surface area contributed by atoms with Crippen LogP contribution in [0.4, 0.5) is 13.2 Å². The predicted octanol–water partition coefficient (Wildman–Crippen LogP) is 2.31. The van der Waals surface area contributed by atoms with Gasteiger partial charge in [-0.2, -0.15) is 13.2 Å². The van der Waals surface area contributed by atoms with E-state index in [1.165, 1.54) is 0 Å². The lowest BCUT2D eigenvalue weighted by atomic mass is 10.2. The van der Waals surface area contributed by atoms with Gasteiger partial charge in [-0.1, -0.05) is 7.43 Å². The molecule has 0 aliphatic carbocycles. The summed E-state index contributed by atoms with van der Waals surface area (Å²) in [6.07, 6.45) is -4.10. The minimum Gasteiger partial charge on any atom is -0.330 e. The van der Waals surface area contributed by atoms with Crippen molar-refractivity contribution in [1.82, 2.24) is 0 Å². The Hall–Kier alpha value is -0.250. The minimum atomic E-state index is -4.00. The Labute approximate surface area is 59.4 Å². The number of halogens is 3. The molecule has 0 amide bonds. The second-order valence-corrected chi connectivity index (χ2v) is 1.86. The summed E-state index contributed by atoms with van der Waals surface area (Å²) in [5.74, 6) is 0. The molecule has 0 saturated heterocycles. The van der Waals surface area contributed by atoms with Crippen molar-refractivity contribution in [3.8, 4) is 0 Å². The van der Waals surface area contributed by atoms with Crippen molar-refractivity contribution in [3.63, 3.8) is 0 Å². The zero-order chi connectivity index (χ0) is 7.33. The largest absolute Gasteiger partial charge is 0.389 e. The van der Waals surface area contributed by atoms with Crippen molar-refractivity contribution in [2.75, 3.05) is 6.54 Å². The van der Waals surface area contributed by atoms with E-state index >= 15 is 0 Å². The first-order chi connectivity index (χ1) is 4.06. The van der Waals surface area contributed by atoms with Gasteiger partial charge < -0.3 is 5.73 Å². The van der Waals surface area contributed by atoms with E-state index in [-0.39, 0.29) is 13.8 Å². The molecule has 0 atom stereocenters. The predicted molar refractivity (Wildman–Crippen MR) is 35.7 cm³/mol. The summed E-state index contributed by atoms with van der Waals surface area (Å²) in [6.45, 7) is 0.343. The summed E-state index contributed by atoms with van der Waals surface area (Å²) >= 11 is 0. The molecule has 0 rings (SSSR count). The van der Waals surface area contributed by atoms with E-state index < -0.39 is 12.6 Å². The van der Waals surface area contributed by atoms with Gasteiger partial charge in [0.25, 0.3) is 0 Å². The van der Waals surface area contributed by atoms with Crippen molar-refractivity contribution >= 4 is 0 Å². The third-order valence-electron chi connectivity index (χ3n) is 0.914. The molecule has 0 bridgehead atoms. The second-order valence-electron chi connectivity index (χ2n) is 1.86. The van der Waals surface area contributed by atoms with Crippen molar-refractivity contribution < 1.29 is 13.2 Å². The molecule has 0 fully saturated rings. The van der Waals surface area contributed by atoms with E-state index in [4.69, 9.17) is 5.73 Å². The number of alkyl halides is 3. The van der Waals surface area contributed by atoms with Gasteiger partial charge in [-0.3, -0.25) is 0 Å². The Bertz CT molecular complexity index is 69.9. The quantitative estimate of drug-likeness (QED) is 0.625. The maximum atomic E-state index is 11.3. The lowest BCUT2D eigenvalue weighted by molar-refractivity contribution is -0.135. The van der Waals surface area contributed by atoms with Crippen molar-refractivity contribution in [2.45, 2.75) is 32.9 Å². The van der Waals surface area contributed by atoms with Gasteiger partial charge in [0, 0.05) is 6.42 Å². The Kier molecular flexibility index (Phi) is 6.87. The molecule has 4 heteroatoms. The van der Waals surface area contributed by atoms with Crippen molar-refractivity contribution in [2.24, 2.45) is 5.73 Å². The molecule has 0 aromatic rings. The van der Waals surface area contributed by atoms with Crippen LogP contribution >= 0.6 is 0 Å². The highest BCUT2D eigenvalue weighted by molar-refractivity contribution is 4.50. The van der Waals surface area contributed by atoms with Gasteiger partial charge in [0.15, 0.2) is 0 Å². The fourth-order valence-electron chi connectivity index (χ4n) is 0.470. The van der Waals surface area contributed by atoms with Gasteiger partial charge in [-0.15, -0.1) is 0 Å². The van der Waals surface area contributed by atoms with Crippen LogP contribution in [-0.4, -0.2) is 12.7 Å². The van der Waals surface area contributed by atoms with Gasteiger partial charge in [-0.05, 0) is 19.4 Å². The van der Waals surface area contributed by atoms with Crippen LogP contribution in [0.2, 0.25) is 0 Å². The number of hydrogen-bond donors (Lipinski definition) is 1. The highest BCUT2D eigenvalue weighted by Gasteiger charge is 2.25. The van der Waals surface area contributed by atoms with Crippen LogP contribution in [0, 0.1) is 0 Å². The Balaban J connectivity index is 0. The van der Waals surface area contributed by atoms with E-state index in [0.29, 0.717) is 13.0 Å². The maximum absolute atomic E-state index is 11.3. The fourth-order valence-corrected chi connectivity index (χ4v) is 0.470. The Morgan fingerprint density at radius 1 is 1.10 bits per heavy atom. The third kappa shape index (κ3) is 10.7. The number of unbranched alkanes of at least 4 members (excludes halogenated alkanes) is 1. The fraction of sp³-hybridized carbons (Fsp3) is 1.00. The number of nitrogens with two attached hydrogens (primary N) is 1. The molecule has 0 radical (unpaired) electrons. The first kappa shape index (κ1) is 12.4. The van der Waals surface area contributed by atoms with Crippen LogP contribution < -0.4 is 5.73 Å². The van der Waals surface area contributed by atoms with Crippen LogP contribution in [0.25, 0.3) is 0 Å². The average Bonchev–Trinajstić information content (AvgIpc) is 1.63. The third-order valence-corrected chi connectivity index (χ3v) is 0.914. The lowest BCUT2D eigenvalue weighted by Crippen LogP contribution is -2.08. The summed E-state index contributed by atoms with van der Waals surface area (Å²) in [5.41, 5.74) is 4.99. The minimum absolute atomic E-state index is 0. The molecule has 1 nitrogen and oxygen atoms in total. The first-order valence-corrected chi connectivity index (χ1v) is 2.83. The highest BCUT2D eigenvalue weighted by Crippen LogP contribution is 2.21. The standard InChI is InChI=1S/C5H10F3N.CH4/c6-5(7,8)3-1-2-4-9;/h1-4,9H2;1H4. The van der Waals surface area contributed by atoms with Crippen LogP contribution in [0.15, 0.2) is 0 Å². The highest BCUT2D eigenvalue weighted by atomic mass is 19.4. The SMILES string of the molecule is C.NCCCCC(F)(F)F. The molecule has 0 aromatic carbocycles. The van der Waals surface area contributed by atoms with E-state index in [9.17, 15) is 13.2 Å². The van der Waals surface area contributed by atoms with E-state index in [2.05, 4.69) is 0 Å². The Morgan fingerprint density at radius 2 is 1.60 bits per heavy atom. The maximum Gasteiger partial charge on any atom is 0.389 e. The molecule has 0 aromatic heterocycles. The van der Waals surface area contributed by atoms with Crippen LogP contribution in [-0.2, 0) is 0 Å². The summed E-state index contributed by atoms with van der Waals surface area (Å²) in [4.78, 5) is 0. The zero-order valence-electron chi connectivity index (χ0n) is 5.04. The van der Waals surface area contributed by atoms with E-state index in [0.717, 1.165) is 0 Å². The molecular weight excluding hydrogens is 143 g/mol. The molecule has 10 heavy (non-hydrogen) atoms. The molecule has 0 spiro atoms. The molecule has 2 N–H and O–H groups in total. The van der Waals surface area contributed by atoms with Crippen LogP contribution in [0.3, 0.4) is 0 Å². The van der Waals surface area contributed by atoms with Gasteiger partial charge in [0.05, 0.1) is 0 Å². The second kappa shape index (κ2) is 5.53. The van der Waals surface area contributed by atoms with Crippen molar-refractivity contribution in [1.29, 1.82) is 0 Å². The molecule has 64 valence electrons. The zero-order valence-corrected chi connectivity index (χ0v) is 5.04. The lowest BCUT2D eigenvalue weighted by Gasteiger charge is -2.03. The number of hydrogen-bond acceptors (Lipinski definition) is 1. The monoisotopic (exact) mass is 157 g/mol. The summed E-state index contributed by atoms with van der Waals surface area (Å²) < 4.78 is 34.0. The molecular formula is C6H14F3N. The van der Waals surface area contributed by atoms with Gasteiger partial charge >= 0.3 is 6.18 Å². The first-order valence-electron chi connectivity index (χ1n) is 2.83. The average molecular weight is 157 g/mol. The smallest absolute Gasteiger partial charge is 0.330 e. The van der Waals surface area contributed by atoms with Crippen LogP contribution in [0.1, 0.15) is 26.7 Å². The summed E-state index contributed by atoms with van der Waals surface area (Å²) in [6, 6.07) is 0. The number of rotatable bonds is 3. The Morgan fingerprint density at radius 3 is 1.90 bits per heavy atom. The molecule has 0 unspecified atom stereocenters. The van der Waals surface area contributed by atoms with E-state index in [1.54, 1.807) is 0 Å². The van der Waals surface area contributed by atoms with Gasteiger partial charge in [0.2, 0.25) is 0 Å². The van der Waals surface area contributed by atoms with Gasteiger partial charge in [-0.25, -0.2) is 0 Å². The summed E-state index contributed by atoms with van der Waals surface area (Å²) in [5, 5.41) is 0. The van der Waals surface area contributed by atoms with E-state index in [1.807, 2.05) is 0 Å². The van der Waals surface area contributed by atoms with Crippen LogP contribution in [0.5, 0.6) is 0 Å². The van der Waals surface area contributed by atoms with Gasteiger partial charge in [0.1, 0.15) is 0 Å². The molecule has 0 saturated carbocycles. The molecule has 0 heterocycles. The molecule has 0 aliphatic rings. The topological polar surface area (TPSA) is 26.0 Å². The van der Waals surface area contributed by atoms with Crippen molar-refractivity contribution in [3.05, 3.63) is 0 Å². The normalized spacial score (nSPS) is 10.8. The summed E-state index contributed by atoms with van der Waals surface area (Å²) in [7, 11) is 0.